The lowest BCUT2D eigenvalue weighted by Crippen LogP contribution is -2.25. The summed E-state index contributed by atoms with van der Waals surface area (Å²) in [5.41, 5.74) is 0. The molecule has 1 aromatic rings. The number of likely N-dealkylation sites (N-methyl/N-ethyl adjacent to an activating group) is 1. The Morgan fingerprint density at radius 1 is 1.62 bits per heavy atom. The smallest absolute Gasteiger partial charge is 0.203 e. The van der Waals surface area contributed by atoms with Gasteiger partial charge in [0.2, 0.25) is 5.95 Å². The SMILES string of the molecule is COCCn1ccnc1NC1CCN(C)C1. The van der Waals surface area contributed by atoms with Gasteiger partial charge in [0.15, 0.2) is 0 Å². The molecule has 0 aliphatic carbocycles. The van der Waals surface area contributed by atoms with Crippen molar-refractivity contribution in [2.45, 2.75) is 19.0 Å². The van der Waals surface area contributed by atoms with Crippen molar-refractivity contribution >= 4 is 5.95 Å². The molecule has 90 valence electrons. The summed E-state index contributed by atoms with van der Waals surface area (Å²) in [4.78, 5) is 6.67. The van der Waals surface area contributed by atoms with Crippen LogP contribution in [0.3, 0.4) is 0 Å². The van der Waals surface area contributed by atoms with Crippen molar-refractivity contribution in [3.63, 3.8) is 0 Å². The lowest BCUT2D eigenvalue weighted by Gasteiger charge is -2.15. The van der Waals surface area contributed by atoms with Gasteiger partial charge < -0.3 is 19.5 Å². The molecule has 1 aliphatic rings. The summed E-state index contributed by atoms with van der Waals surface area (Å²) in [6.07, 6.45) is 5.00. The van der Waals surface area contributed by atoms with E-state index in [1.165, 1.54) is 6.42 Å². The van der Waals surface area contributed by atoms with E-state index in [-0.39, 0.29) is 0 Å². The van der Waals surface area contributed by atoms with Crippen LogP contribution in [0.15, 0.2) is 12.4 Å². The zero-order chi connectivity index (χ0) is 11.4. The zero-order valence-corrected chi connectivity index (χ0v) is 10.0. The van der Waals surface area contributed by atoms with Crippen molar-refractivity contribution in [2.24, 2.45) is 0 Å². The number of anilines is 1. The number of rotatable bonds is 5. The molecular formula is C11H20N4O. The highest BCUT2D eigenvalue weighted by molar-refractivity contribution is 5.28. The number of nitrogens with zero attached hydrogens (tertiary/aromatic N) is 3. The van der Waals surface area contributed by atoms with Crippen molar-refractivity contribution in [3.8, 4) is 0 Å². The molecule has 2 rings (SSSR count). The molecule has 0 radical (unpaired) electrons. The second kappa shape index (κ2) is 5.32. The average molecular weight is 224 g/mol. The van der Waals surface area contributed by atoms with Crippen LogP contribution in [0, 0.1) is 0 Å². The minimum absolute atomic E-state index is 0.522. The van der Waals surface area contributed by atoms with E-state index < -0.39 is 0 Å². The van der Waals surface area contributed by atoms with E-state index in [9.17, 15) is 0 Å². The molecule has 1 saturated heterocycles. The molecule has 1 fully saturated rings. The van der Waals surface area contributed by atoms with Gasteiger partial charge in [-0.15, -0.1) is 0 Å². The van der Waals surface area contributed by atoms with Crippen LogP contribution >= 0.6 is 0 Å². The van der Waals surface area contributed by atoms with Gasteiger partial charge in [-0.3, -0.25) is 0 Å². The molecular weight excluding hydrogens is 204 g/mol. The molecule has 0 amide bonds. The number of hydrogen-bond acceptors (Lipinski definition) is 4. The summed E-state index contributed by atoms with van der Waals surface area (Å²) in [5.74, 6) is 0.956. The van der Waals surface area contributed by atoms with Crippen LogP contribution in [0.2, 0.25) is 0 Å². The van der Waals surface area contributed by atoms with E-state index in [2.05, 4.69) is 26.8 Å². The summed E-state index contributed by atoms with van der Waals surface area (Å²) in [6.45, 7) is 3.82. The molecule has 1 unspecified atom stereocenters. The van der Waals surface area contributed by atoms with Crippen molar-refractivity contribution in [2.75, 3.05) is 39.2 Å². The number of ether oxygens (including phenoxy) is 1. The first-order valence-corrected chi connectivity index (χ1v) is 5.74. The average Bonchev–Trinajstić information content (AvgIpc) is 2.86. The second-order valence-electron chi connectivity index (χ2n) is 4.33. The van der Waals surface area contributed by atoms with Crippen LogP contribution in [0.4, 0.5) is 5.95 Å². The van der Waals surface area contributed by atoms with Crippen molar-refractivity contribution in [3.05, 3.63) is 12.4 Å². The van der Waals surface area contributed by atoms with E-state index in [1.54, 1.807) is 7.11 Å². The summed E-state index contributed by atoms with van der Waals surface area (Å²) < 4.78 is 7.17. The summed E-state index contributed by atoms with van der Waals surface area (Å²) in [6, 6.07) is 0.522. The quantitative estimate of drug-likeness (QED) is 0.797. The van der Waals surface area contributed by atoms with Gasteiger partial charge >= 0.3 is 0 Å². The topological polar surface area (TPSA) is 42.3 Å². The molecule has 0 saturated carbocycles. The van der Waals surface area contributed by atoms with E-state index >= 15 is 0 Å². The summed E-state index contributed by atoms with van der Waals surface area (Å²) >= 11 is 0. The third kappa shape index (κ3) is 2.74. The molecule has 0 aromatic carbocycles. The van der Waals surface area contributed by atoms with Crippen LogP contribution in [0.1, 0.15) is 6.42 Å². The van der Waals surface area contributed by atoms with Crippen molar-refractivity contribution in [1.29, 1.82) is 0 Å². The summed E-state index contributed by atoms with van der Waals surface area (Å²) in [5, 5.41) is 3.48. The van der Waals surface area contributed by atoms with Gasteiger partial charge in [0.05, 0.1) is 6.61 Å². The Labute approximate surface area is 96.4 Å². The number of hydrogen-bond donors (Lipinski definition) is 1. The number of methoxy groups -OCH3 is 1. The van der Waals surface area contributed by atoms with E-state index in [1.807, 2.05) is 12.4 Å². The maximum Gasteiger partial charge on any atom is 0.203 e. The fourth-order valence-electron chi connectivity index (χ4n) is 2.05. The third-order valence-electron chi connectivity index (χ3n) is 2.98. The lowest BCUT2D eigenvalue weighted by molar-refractivity contribution is 0.187. The first-order valence-electron chi connectivity index (χ1n) is 5.74. The van der Waals surface area contributed by atoms with E-state index in [0.717, 1.165) is 32.2 Å². The number of aromatic nitrogens is 2. The lowest BCUT2D eigenvalue weighted by atomic mass is 10.3. The maximum atomic E-state index is 5.07. The molecule has 0 spiro atoms. The van der Waals surface area contributed by atoms with Gasteiger partial charge in [0.1, 0.15) is 0 Å². The van der Waals surface area contributed by atoms with Crippen molar-refractivity contribution in [1.82, 2.24) is 14.5 Å². The molecule has 2 heterocycles. The van der Waals surface area contributed by atoms with Gasteiger partial charge in [-0.25, -0.2) is 4.98 Å². The van der Waals surface area contributed by atoms with Crippen LogP contribution < -0.4 is 5.32 Å². The van der Waals surface area contributed by atoms with Gasteiger partial charge in [0.25, 0.3) is 0 Å². The Bertz CT molecular complexity index is 326. The van der Waals surface area contributed by atoms with E-state index in [0.29, 0.717) is 6.04 Å². The molecule has 5 nitrogen and oxygen atoms in total. The fourth-order valence-corrected chi connectivity index (χ4v) is 2.05. The fraction of sp³-hybridized carbons (Fsp3) is 0.727. The molecule has 1 aromatic heterocycles. The largest absolute Gasteiger partial charge is 0.383 e. The second-order valence-corrected chi connectivity index (χ2v) is 4.33. The highest BCUT2D eigenvalue weighted by Crippen LogP contribution is 2.13. The first-order chi connectivity index (χ1) is 7.79. The van der Waals surface area contributed by atoms with Crippen LogP contribution in [0.25, 0.3) is 0 Å². The number of likely N-dealkylation sites (tertiary alicyclic amines) is 1. The number of nitrogens with one attached hydrogen (secondary N) is 1. The Balaban J connectivity index is 1.90. The molecule has 1 aliphatic heterocycles. The zero-order valence-electron chi connectivity index (χ0n) is 10.0. The standard InChI is InChI=1S/C11H20N4O/c1-14-5-3-10(9-14)13-11-12-4-6-15(11)7-8-16-2/h4,6,10H,3,5,7-9H2,1-2H3,(H,12,13). The Kier molecular flexibility index (Phi) is 3.79. The molecule has 16 heavy (non-hydrogen) atoms. The predicted octanol–water partition coefficient (Wildman–Crippen LogP) is 0.645. The first kappa shape index (κ1) is 11.4. The van der Waals surface area contributed by atoms with Gasteiger partial charge in [-0.1, -0.05) is 0 Å². The molecule has 1 atom stereocenters. The van der Waals surface area contributed by atoms with Crippen LogP contribution in [-0.4, -0.2) is 54.3 Å². The Morgan fingerprint density at radius 2 is 2.50 bits per heavy atom. The summed E-state index contributed by atoms with van der Waals surface area (Å²) in [7, 11) is 3.87. The van der Waals surface area contributed by atoms with E-state index in [4.69, 9.17) is 4.74 Å². The van der Waals surface area contributed by atoms with Gasteiger partial charge in [0, 0.05) is 38.6 Å². The minimum Gasteiger partial charge on any atom is -0.383 e. The normalized spacial score (nSPS) is 21.5. The maximum absolute atomic E-state index is 5.07. The Hall–Kier alpha value is -1.07. The highest BCUT2D eigenvalue weighted by atomic mass is 16.5. The van der Waals surface area contributed by atoms with Crippen molar-refractivity contribution < 1.29 is 4.74 Å². The molecule has 1 N–H and O–H groups in total. The van der Waals surface area contributed by atoms with Crippen LogP contribution in [0.5, 0.6) is 0 Å². The minimum atomic E-state index is 0.522. The van der Waals surface area contributed by atoms with Gasteiger partial charge in [-0.2, -0.15) is 0 Å². The van der Waals surface area contributed by atoms with Crippen LogP contribution in [-0.2, 0) is 11.3 Å². The highest BCUT2D eigenvalue weighted by Gasteiger charge is 2.20. The predicted molar refractivity (Wildman–Crippen MR) is 63.6 cm³/mol. The third-order valence-corrected chi connectivity index (χ3v) is 2.98. The number of imidazole rings is 1. The monoisotopic (exact) mass is 224 g/mol. The van der Waals surface area contributed by atoms with Gasteiger partial charge in [-0.05, 0) is 20.0 Å². The molecule has 0 bridgehead atoms. The molecule has 5 heteroatoms. The Morgan fingerprint density at radius 3 is 3.19 bits per heavy atom.